The maximum absolute atomic E-state index is 15.4. The van der Waals surface area contributed by atoms with Gasteiger partial charge in [0.25, 0.3) is 5.56 Å². The van der Waals surface area contributed by atoms with E-state index in [0.717, 1.165) is 31.4 Å². The Kier molecular flexibility index (Phi) is 4.94. The van der Waals surface area contributed by atoms with E-state index in [-0.39, 0.29) is 40.4 Å². The lowest BCUT2D eigenvalue weighted by Crippen LogP contribution is -2.37. The van der Waals surface area contributed by atoms with E-state index in [4.69, 9.17) is 10.5 Å². The fourth-order valence-electron chi connectivity index (χ4n) is 4.89. The van der Waals surface area contributed by atoms with Crippen molar-refractivity contribution in [1.29, 1.82) is 0 Å². The van der Waals surface area contributed by atoms with Gasteiger partial charge in [0.1, 0.15) is 17.9 Å². The van der Waals surface area contributed by atoms with Crippen LogP contribution in [0, 0.1) is 11.7 Å². The number of anilines is 1. The van der Waals surface area contributed by atoms with Gasteiger partial charge in [-0.1, -0.05) is 0 Å². The predicted octanol–water partition coefficient (Wildman–Crippen LogP) is 2.66. The molecule has 8 nitrogen and oxygen atoms in total. The van der Waals surface area contributed by atoms with Crippen LogP contribution in [0.5, 0.6) is 5.75 Å². The Morgan fingerprint density at radius 1 is 1.26 bits per heavy atom. The molecule has 2 atom stereocenters. The number of nitrogens with two attached hydrogens (primary N) is 1. The monoisotopic (exact) mass is 483 g/mol. The third-order valence-electron chi connectivity index (χ3n) is 6.89. The Morgan fingerprint density at radius 3 is 2.62 bits per heavy atom. The number of ether oxygens (including phenoxy) is 2. The van der Waals surface area contributed by atoms with Gasteiger partial charge in [-0.05, 0) is 44.2 Å². The minimum Gasteiger partial charge on any atom is -0.487 e. The predicted molar refractivity (Wildman–Crippen MR) is 111 cm³/mol. The molecule has 0 unspecified atom stereocenters. The zero-order chi connectivity index (χ0) is 24.6. The van der Waals surface area contributed by atoms with E-state index in [1.807, 2.05) is 4.90 Å². The number of alkyl halides is 3. The highest BCUT2D eigenvalue weighted by Crippen LogP contribution is 2.48. The largest absolute Gasteiger partial charge is 0.491 e. The first kappa shape index (κ1) is 22.6. The highest BCUT2D eigenvalue weighted by molar-refractivity contribution is 6.01. The molecule has 12 heteroatoms. The molecule has 2 aliphatic heterocycles. The van der Waals surface area contributed by atoms with Crippen LogP contribution in [0.4, 0.5) is 23.2 Å². The molecule has 1 saturated carbocycles. The first-order chi connectivity index (χ1) is 15.9. The summed E-state index contributed by atoms with van der Waals surface area (Å²) in [6.45, 7) is 2.65. The van der Waals surface area contributed by atoms with E-state index in [1.165, 1.54) is 4.57 Å². The SMILES string of the molecule is C[C@H]1COc2c(N3CC[C@@H](C4(N)CC4)C3)c(F)cc3cc(C(=O)OC(=O)C(F)(F)F)c(=O)n1c23. The topological polar surface area (TPSA) is 104 Å². The van der Waals surface area contributed by atoms with Crippen LogP contribution in [0.1, 0.15) is 42.6 Å². The Hall–Kier alpha value is -3.15. The third-order valence-corrected chi connectivity index (χ3v) is 6.89. The summed E-state index contributed by atoms with van der Waals surface area (Å²) >= 11 is 0. The number of rotatable bonds is 3. The van der Waals surface area contributed by atoms with Crippen molar-refractivity contribution in [2.75, 3.05) is 24.6 Å². The summed E-state index contributed by atoms with van der Waals surface area (Å²) < 4.78 is 63.7. The molecule has 3 aliphatic rings. The van der Waals surface area contributed by atoms with Crippen molar-refractivity contribution in [3.63, 3.8) is 0 Å². The molecule has 0 amide bonds. The fraction of sp³-hybridized carbons (Fsp3) is 0.500. The lowest BCUT2D eigenvalue weighted by atomic mass is 9.97. The normalized spacial score (nSPS) is 23.1. The molecule has 5 rings (SSSR count). The molecule has 0 radical (unpaired) electrons. The van der Waals surface area contributed by atoms with E-state index in [9.17, 15) is 27.6 Å². The lowest BCUT2D eigenvalue weighted by molar-refractivity contribution is -0.193. The molecule has 3 heterocycles. The summed E-state index contributed by atoms with van der Waals surface area (Å²) in [5.41, 5.74) is 4.73. The highest BCUT2D eigenvalue weighted by atomic mass is 19.4. The summed E-state index contributed by atoms with van der Waals surface area (Å²) in [6.07, 6.45) is -2.79. The van der Waals surface area contributed by atoms with E-state index < -0.39 is 41.1 Å². The van der Waals surface area contributed by atoms with Crippen molar-refractivity contribution in [3.05, 3.63) is 33.9 Å². The van der Waals surface area contributed by atoms with Gasteiger partial charge in [0.15, 0.2) is 11.6 Å². The number of hydrogen-bond donors (Lipinski definition) is 1. The van der Waals surface area contributed by atoms with Crippen LogP contribution in [0.2, 0.25) is 0 Å². The van der Waals surface area contributed by atoms with Crippen molar-refractivity contribution in [2.24, 2.45) is 11.7 Å². The zero-order valence-corrected chi connectivity index (χ0v) is 18.1. The molecule has 2 fully saturated rings. The number of nitrogens with zero attached hydrogens (tertiary/aromatic N) is 2. The summed E-state index contributed by atoms with van der Waals surface area (Å²) in [7, 11) is 0. The Bertz CT molecular complexity index is 1280. The van der Waals surface area contributed by atoms with Crippen LogP contribution >= 0.6 is 0 Å². The number of hydrogen-bond acceptors (Lipinski definition) is 7. The van der Waals surface area contributed by atoms with Crippen molar-refractivity contribution >= 4 is 28.5 Å². The molecule has 1 aromatic heterocycles. The van der Waals surface area contributed by atoms with Gasteiger partial charge in [-0.3, -0.25) is 9.36 Å². The summed E-state index contributed by atoms with van der Waals surface area (Å²) in [6, 6.07) is 1.40. The standard InChI is InChI=1S/C22H21F4N3O5/c1-10-9-33-17-15-11(6-13(18(30)29(10)15)19(31)34-20(32)22(24,25)26)7-14(23)16(17)28-5-2-12(8-28)21(27)3-4-21/h6-7,10,12H,2-5,8-9,27H2,1H3/t10-,12+/m0/s1. The van der Waals surface area contributed by atoms with Crippen molar-refractivity contribution in [1.82, 2.24) is 4.57 Å². The van der Waals surface area contributed by atoms with Crippen LogP contribution in [0.15, 0.2) is 16.9 Å². The van der Waals surface area contributed by atoms with Crippen molar-refractivity contribution < 1.29 is 36.6 Å². The molecule has 1 aromatic carbocycles. The molecule has 0 bridgehead atoms. The Labute approximate surface area is 190 Å². The van der Waals surface area contributed by atoms with Gasteiger partial charge in [0, 0.05) is 24.0 Å². The number of aromatic nitrogens is 1. The maximum Gasteiger partial charge on any atom is 0.491 e. The number of carbonyl (C=O) groups excluding carboxylic acids is 2. The molecular weight excluding hydrogens is 462 g/mol. The van der Waals surface area contributed by atoms with Crippen LogP contribution in [-0.4, -0.2) is 47.9 Å². The summed E-state index contributed by atoms with van der Waals surface area (Å²) in [5, 5.41) is 0.0574. The maximum atomic E-state index is 15.4. The number of halogens is 4. The third kappa shape index (κ3) is 3.51. The van der Waals surface area contributed by atoms with E-state index in [2.05, 4.69) is 4.74 Å². The smallest absolute Gasteiger partial charge is 0.487 e. The quantitative estimate of drug-likeness (QED) is 0.407. The lowest BCUT2D eigenvalue weighted by Gasteiger charge is -2.31. The first-order valence-corrected chi connectivity index (χ1v) is 10.8. The fourth-order valence-corrected chi connectivity index (χ4v) is 4.89. The van der Waals surface area contributed by atoms with Crippen LogP contribution < -0.4 is 20.9 Å². The van der Waals surface area contributed by atoms with Crippen molar-refractivity contribution in [2.45, 2.75) is 43.9 Å². The second-order valence-corrected chi connectivity index (χ2v) is 9.21. The number of esters is 2. The number of pyridine rings is 1. The van der Waals surface area contributed by atoms with Crippen LogP contribution in [0.25, 0.3) is 10.9 Å². The van der Waals surface area contributed by atoms with Crippen molar-refractivity contribution in [3.8, 4) is 5.75 Å². The zero-order valence-electron chi connectivity index (χ0n) is 18.1. The first-order valence-electron chi connectivity index (χ1n) is 10.8. The Balaban J connectivity index is 1.60. The molecule has 2 N–H and O–H groups in total. The van der Waals surface area contributed by atoms with Gasteiger partial charge in [-0.25, -0.2) is 14.0 Å². The van der Waals surface area contributed by atoms with E-state index >= 15 is 4.39 Å². The molecule has 0 spiro atoms. The number of benzene rings is 1. The van der Waals surface area contributed by atoms with Gasteiger partial charge in [0.05, 0.1) is 11.6 Å². The van der Waals surface area contributed by atoms with E-state index in [1.54, 1.807) is 6.92 Å². The molecular formula is C22H21F4N3O5. The van der Waals surface area contributed by atoms with Crippen LogP contribution in [-0.2, 0) is 9.53 Å². The summed E-state index contributed by atoms with van der Waals surface area (Å²) in [4.78, 5) is 38.2. The molecule has 34 heavy (non-hydrogen) atoms. The number of carbonyl (C=O) groups is 2. The van der Waals surface area contributed by atoms with E-state index in [0.29, 0.717) is 13.1 Å². The molecule has 1 aliphatic carbocycles. The molecule has 182 valence electrons. The van der Waals surface area contributed by atoms with Gasteiger partial charge in [0.2, 0.25) is 0 Å². The Morgan fingerprint density at radius 2 is 1.97 bits per heavy atom. The average Bonchev–Trinajstić information content (AvgIpc) is 3.31. The van der Waals surface area contributed by atoms with Crippen LogP contribution in [0.3, 0.4) is 0 Å². The second-order valence-electron chi connectivity index (χ2n) is 9.21. The minimum atomic E-state index is -5.41. The second kappa shape index (κ2) is 7.42. The minimum absolute atomic E-state index is 0.0312. The molecule has 1 saturated heterocycles. The average molecular weight is 483 g/mol. The highest BCUT2D eigenvalue weighted by Gasteiger charge is 2.48. The summed E-state index contributed by atoms with van der Waals surface area (Å²) in [5.74, 6) is -4.86. The molecule has 2 aromatic rings. The van der Waals surface area contributed by atoms with Gasteiger partial charge in [-0.2, -0.15) is 13.2 Å². The van der Waals surface area contributed by atoms with Gasteiger partial charge < -0.3 is 20.1 Å². The van der Waals surface area contributed by atoms with Gasteiger partial charge in [-0.15, -0.1) is 0 Å². The van der Waals surface area contributed by atoms with Gasteiger partial charge >= 0.3 is 18.1 Å².